The summed E-state index contributed by atoms with van der Waals surface area (Å²) in [6.45, 7) is 3.17. The van der Waals surface area contributed by atoms with Crippen LogP contribution in [0, 0.1) is 0 Å². The fourth-order valence-electron chi connectivity index (χ4n) is 2.02. The van der Waals surface area contributed by atoms with Crippen molar-refractivity contribution < 1.29 is 9.84 Å². The molecule has 98 valence electrons. The summed E-state index contributed by atoms with van der Waals surface area (Å²) in [6, 6.07) is 7.45. The second kappa shape index (κ2) is 6.13. The average molecular weight is 266 g/mol. The second-order valence-corrected chi connectivity index (χ2v) is 4.92. The van der Waals surface area contributed by atoms with Crippen LogP contribution in [0.1, 0.15) is 12.0 Å². The van der Waals surface area contributed by atoms with Crippen molar-refractivity contribution in [3.63, 3.8) is 0 Å². The van der Waals surface area contributed by atoms with Crippen molar-refractivity contribution in [3.8, 4) is 5.75 Å². The lowest BCUT2D eigenvalue weighted by Crippen LogP contribution is -2.27. The Morgan fingerprint density at radius 2 is 2.17 bits per heavy atom. The topological polar surface area (TPSA) is 58.7 Å². The van der Waals surface area contributed by atoms with Gasteiger partial charge in [0.2, 0.25) is 0 Å². The van der Waals surface area contributed by atoms with Crippen LogP contribution in [0.2, 0.25) is 0 Å². The number of nitrogens with zero attached hydrogens (tertiary/aromatic N) is 1. The standard InChI is InChI=1S/C13H18N2O2S/c14-13(18)10-1-3-12(4-2-10)17-8-7-15-6-5-11(16)9-15/h1-4,11,16H,5-9H2,(H2,14,18). The van der Waals surface area contributed by atoms with E-state index in [9.17, 15) is 5.11 Å². The molecule has 18 heavy (non-hydrogen) atoms. The van der Waals surface area contributed by atoms with Gasteiger partial charge in [0.15, 0.2) is 0 Å². The molecular weight excluding hydrogens is 248 g/mol. The monoisotopic (exact) mass is 266 g/mol. The van der Waals surface area contributed by atoms with Crippen molar-refractivity contribution >= 4 is 17.2 Å². The molecule has 4 nitrogen and oxygen atoms in total. The average Bonchev–Trinajstić information content (AvgIpc) is 2.76. The summed E-state index contributed by atoms with van der Waals surface area (Å²) >= 11 is 4.88. The van der Waals surface area contributed by atoms with Gasteiger partial charge in [0.25, 0.3) is 0 Å². The zero-order chi connectivity index (χ0) is 13.0. The van der Waals surface area contributed by atoms with Gasteiger partial charge in [-0.05, 0) is 30.7 Å². The molecule has 1 aromatic rings. The van der Waals surface area contributed by atoms with Gasteiger partial charge in [-0.25, -0.2) is 0 Å². The van der Waals surface area contributed by atoms with E-state index in [0.717, 1.165) is 37.4 Å². The van der Waals surface area contributed by atoms with Gasteiger partial charge in [0.1, 0.15) is 17.3 Å². The molecule has 0 spiro atoms. The second-order valence-electron chi connectivity index (χ2n) is 4.48. The number of rotatable bonds is 5. The Morgan fingerprint density at radius 3 is 2.72 bits per heavy atom. The highest BCUT2D eigenvalue weighted by atomic mass is 32.1. The molecule has 5 heteroatoms. The zero-order valence-corrected chi connectivity index (χ0v) is 11.0. The van der Waals surface area contributed by atoms with Gasteiger partial charge in [-0.3, -0.25) is 4.90 Å². The van der Waals surface area contributed by atoms with E-state index >= 15 is 0 Å². The number of likely N-dealkylation sites (tertiary alicyclic amines) is 1. The van der Waals surface area contributed by atoms with Crippen LogP contribution >= 0.6 is 12.2 Å². The van der Waals surface area contributed by atoms with Gasteiger partial charge >= 0.3 is 0 Å². The smallest absolute Gasteiger partial charge is 0.119 e. The highest BCUT2D eigenvalue weighted by Crippen LogP contribution is 2.13. The van der Waals surface area contributed by atoms with Gasteiger partial charge in [0, 0.05) is 25.2 Å². The third-order valence-corrected chi connectivity index (χ3v) is 3.30. The maximum Gasteiger partial charge on any atom is 0.119 e. The summed E-state index contributed by atoms with van der Waals surface area (Å²) in [7, 11) is 0. The SMILES string of the molecule is NC(=S)c1ccc(OCCN2CCC(O)C2)cc1. The Morgan fingerprint density at radius 1 is 1.44 bits per heavy atom. The van der Waals surface area contributed by atoms with Crippen LogP contribution in [0.3, 0.4) is 0 Å². The minimum absolute atomic E-state index is 0.171. The van der Waals surface area contributed by atoms with Gasteiger partial charge in [-0.15, -0.1) is 0 Å². The predicted octanol–water partition coefficient (Wildman–Crippen LogP) is 0.766. The fourth-order valence-corrected chi connectivity index (χ4v) is 2.16. The number of nitrogens with two attached hydrogens (primary N) is 1. The van der Waals surface area contributed by atoms with Crippen LogP contribution in [0.5, 0.6) is 5.75 Å². The van der Waals surface area contributed by atoms with E-state index in [0.29, 0.717) is 11.6 Å². The molecular formula is C13H18N2O2S. The number of hydrogen-bond donors (Lipinski definition) is 2. The lowest BCUT2D eigenvalue weighted by Gasteiger charge is -2.15. The molecule has 0 aliphatic carbocycles. The van der Waals surface area contributed by atoms with Gasteiger partial charge in [-0.2, -0.15) is 0 Å². The number of aliphatic hydroxyl groups is 1. The number of benzene rings is 1. The number of ether oxygens (including phenoxy) is 1. The minimum Gasteiger partial charge on any atom is -0.492 e. The van der Waals surface area contributed by atoms with E-state index in [2.05, 4.69) is 4.90 Å². The van der Waals surface area contributed by atoms with Crippen LogP contribution in [-0.4, -0.2) is 47.3 Å². The molecule has 1 heterocycles. The lowest BCUT2D eigenvalue weighted by molar-refractivity contribution is 0.167. The molecule has 0 radical (unpaired) electrons. The molecule has 0 amide bonds. The molecule has 3 N–H and O–H groups in total. The molecule has 1 aliphatic heterocycles. The van der Waals surface area contributed by atoms with Crippen molar-refractivity contribution in [2.45, 2.75) is 12.5 Å². The summed E-state index contributed by atoms with van der Waals surface area (Å²) < 4.78 is 5.63. The molecule has 0 bridgehead atoms. The Kier molecular flexibility index (Phi) is 4.52. The Hall–Kier alpha value is -1.17. The van der Waals surface area contributed by atoms with Crippen LogP contribution in [0.15, 0.2) is 24.3 Å². The number of thiocarbonyl (C=S) groups is 1. The van der Waals surface area contributed by atoms with Crippen molar-refractivity contribution in [1.29, 1.82) is 0 Å². The minimum atomic E-state index is -0.171. The quantitative estimate of drug-likeness (QED) is 0.771. The largest absolute Gasteiger partial charge is 0.492 e. The first kappa shape index (κ1) is 13.3. The Balaban J connectivity index is 1.75. The summed E-state index contributed by atoms with van der Waals surface area (Å²) in [4.78, 5) is 2.60. The van der Waals surface area contributed by atoms with E-state index in [4.69, 9.17) is 22.7 Å². The molecule has 1 aromatic carbocycles. The van der Waals surface area contributed by atoms with Crippen LogP contribution < -0.4 is 10.5 Å². The molecule has 1 aliphatic rings. The predicted molar refractivity (Wildman–Crippen MR) is 74.9 cm³/mol. The van der Waals surface area contributed by atoms with Crippen molar-refractivity contribution in [2.24, 2.45) is 5.73 Å². The first-order chi connectivity index (χ1) is 8.65. The maximum absolute atomic E-state index is 9.39. The number of hydrogen-bond acceptors (Lipinski definition) is 4. The highest BCUT2D eigenvalue weighted by Gasteiger charge is 2.19. The third-order valence-electron chi connectivity index (χ3n) is 3.06. The third kappa shape index (κ3) is 3.66. The molecule has 2 rings (SSSR count). The van der Waals surface area contributed by atoms with Crippen molar-refractivity contribution in [3.05, 3.63) is 29.8 Å². The van der Waals surface area contributed by atoms with Crippen LogP contribution in [0.4, 0.5) is 0 Å². The van der Waals surface area contributed by atoms with E-state index < -0.39 is 0 Å². The van der Waals surface area contributed by atoms with Crippen LogP contribution in [-0.2, 0) is 0 Å². The summed E-state index contributed by atoms with van der Waals surface area (Å²) in [5.74, 6) is 0.815. The molecule has 0 saturated carbocycles. The lowest BCUT2D eigenvalue weighted by atomic mass is 10.2. The first-order valence-electron chi connectivity index (χ1n) is 6.08. The van der Waals surface area contributed by atoms with Crippen molar-refractivity contribution in [1.82, 2.24) is 4.90 Å². The Bertz CT molecular complexity index is 408. The first-order valence-corrected chi connectivity index (χ1v) is 6.49. The van der Waals surface area contributed by atoms with E-state index in [1.807, 2.05) is 24.3 Å². The molecule has 1 saturated heterocycles. The molecule has 1 unspecified atom stereocenters. The molecule has 1 fully saturated rings. The Labute approximate surface area is 112 Å². The van der Waals surface area contributed by atoms with Crippen molar-refractivity contribution in [2.75, 3.05) is 26.2 Å². The normalized spacial score (nSPS) is 19.9. The van der Waals surface area contributed by atoms with Gasteiger partial charge in [0.05, 0.1) is 6.10 Å². The fraction of sp³-hybridized carbons (Fsp3) is 0.462. The summed E-state index contributed by atoms with van der Waals surface area (Å²) in [6.07, 6.45) is 0.692. The molecule has 0 aromatic heterocycles. The van der Waals surface area contributed by atoms with Gasteiger partial charge < -0.3 is 15.6 Å². The molecule has 1 atom stereocenters. The number of β-amino-alcohol motifs (C(OH)–C–C–N with tert-alkyl or cyclic N) is 1. The van der Waals surface area contributed by atoms with E-state index in [1.54, 1.807) is 0 Å². The zero-order valence-electron chi connectivity index (χ0n) is 10.2. The summed E-state index contributed by atoms with van der Waals surface area (Å²) in [5.41, 5.74) is 6.37. The maximum atomic E-state index is 9.39. The summed E-state index contributed by atoms with van der Waals surface area (Å²) in [5, 5.41) is 9.39. The van der Waals surface area contributed by atoms with Crippen LogP contribution in [0.25, 0.3) is 0 Å². The van der Waals surface area contributed by atoms with Gasteiger partial charge in [-0.1, -0.05) is 12.2 Å². The number of aliphatic hydroxyl groups excluding tert-OH is 1. The van der Waals surface area contributed by atoms with E-state index in [-0.39, 0.29) is 6.10 Å². The van der Waals surface area contributed by atoms with E-state index in [1.165, 1.54) is 0 Å². The highest BCUT2D eigenvalue weighted by molar-refractivity contribution is 7.80.